The zero-order valence-corrected chi connectivity index (χ0v) is 17.2. The van der Waals surface area contributed by atoms with Crippen LogP contribution in [-0.4, -0.2) is 21.1 Å². The molecular weight excluding hydrogens is 431 g/mol. The van der Waals surface area contributed by atoms with Crippen molar-refractivity contribution in [3.8, 4) is 11.1 Å². The molecule has 4 nitrogen and oxygen atoms in total. The molecule has 2 aromatic heterocycles. The Balaban J connectivity index is 1.63. The molecule has 0 bridgehead atoms. The highest BCUT2D eigenvalue weighted by Crippen LogP contribution is 2.39. The maximum absolute atomic E-state index is 13.8. The van der Waals surface area contributed by atoms with E-state index in [-0.39, 0.29) is 5.82 Å². The van der Waals surface area contributed by atoms with E-state index in [1.54, 1.807) is 19.1 Å². The largest absolute Gasteiger partial charge is 0.320 e. The Morgan fingerprint density at radius 1 is 1.07 bits per heavy atom. The van der Waals surface area contributed by atoms with E-state index in [0.717, 1.165) is 45.2 Å². The van der Waals surface area contributed by atoms with Crippen LogP contribution in [-0.2, 0) is 4.79 Å². The molecule has 0 fully saturated rings. The molecule has 4 aromatic rings. The molecule has 0 saturated carbocycles. The first-order chi connectivity index (χ1) is 14.4. The molecule has 30 heavy (non-hydrogen) atoms. The molecule has 0 saturated heterocycles. The number of thioether (sulfide) groups is 1. The summed E-state index contributed by atoms with van der Waals surface area (Å²) < 4.78 is 41.0. The molecule has 0 spiro atoms. The third-order valence-electron chi connectivity index (χ3n) is 4.36. The summed E-state index contributed by atoms with van der Waals surface area (Å²) in [5.41, 5.74) is 1.14. The first-order valence-electron chi connectivity index (χ1n) is 8.83. The molecular formula is C21H14F3N3OS2. The van der Waals surface area contributed by atoms with Crippen LogP contribution >= 0.6 is 23.1 Å². The van der Waals surface area contributed by atoms with Crippen molar-refractivity contribution in [3.63, 3.8) is 0 Å². The topological polar surface area (TPSA) is 54.9 Å². The Bertz CT molecular complexity index is 1210. The summed E-state index contributed by atoms with van der Waals surface area (Å²) in [7, 11) is 0. The van der Waals surface area contributed by atoms with Gasteiger partial charge in [-0.2, -0.15) is 0 Å². The van der Waals surface area contributed by atoms with Gasteiger partial charge in [0.25, 0.3) is 0 Å². The number of carbonyl (C=O) groups is 1. The van der Waals surface area contributed by atoms with Gasteiger partial charge in [0.2, 0.25) is 5.91 Å². The van der Waals surface area contributed by atoms with Crippen molar-refractivity contribution >= 4 is 44.9 Å². The summed E-state index contributed by atoms with van der Waals surface area (Å²) in [5, 5.41) is 4.81. The van der Waals surface area contributed by atoms with E-state index in [2.05, 4.69) is 15.3 Å². The monoisotopic (exact) mass is 445 g/mol. The maximum atomic E-state index is 13.8. The number of thiophene rings is 1. The molecule has 0 aliphatic heterocycles. The van der Waals surface area contributed by atoms with E-state index >= 15 is 0 Å². The predicted molar refractivity (Wildman–Crippen MR) is 113 cm³/mol. The molecule has 1 atom stereocenters. The van der Waals surface area contributed by atoms with Crippen LogP contribution in [0.5, 0.6) is 0 Å². The van der Waals surface area contributed by atoms with Crippen molar-refractivity contribution in [2.75, 3.05) is 5.32 Å². The van der Waals surface area contributed by atoms with Crippen molar-refractivity contribution in [3.05, 3.63) is 71.6 Å². The molecule has 2 heterocycles. The summed E-state index contributed by atoms with van der Waals surface area (Å²) in [6, 6.07) is 9.44. The second kappa shape index (κ2) is 8.45. The van der Waals surface area contributed by atoms with Crippen molar-refractivity contribution in [2.45, 2.75) is 17.2 Å². The fourth-order valence-electron chi connectivity index (χ4n) is 2.84. The third-order valence-corrected chi connectivity index (χ3v) is 6.35. The van der Waals surface area contributed by atoms with Gasteiger partial charge in [-0.15, -0.1) is 11.3 Å². The van der Waals surface area contributed by atoms with Gasteiger partial charge in [-0.1, -0.05) is 30.0 Å². The summed E-state index contributed by atoms with van der Waals surface area (Å²) in [6.07, 6.45) is 1.40. The summed E-state index contributed by atoms with van der Waals surface area (Å²) in [6.45, 7) is 1.62. The Morgan fingerprint density at radius 2 is 1.77 bits per heavy atom. The van der Waals surface area contributed by atoms with Crippen LogP contribution in [0, 0.1) is 17.5 Å². The Morgan fingerprint density at radius 3 is 2.47 bits per heavy atom. The van der Waals surface area contributed by atoms with Crippen LogP contribution in [0.2, 0.25) is 0 Å². The summed E-state index contributed by atoms with van der Waals surface area (Å²) >= 11 is 2.56. The number of amides is 1. The van der Waals surface area contributed by atoms with Crippen molar-refractivity contribution < 1.29 is 18.0 Å². The fraction of sp³-hybridized carbons (Fsp3) is 0.0952. The Kier molecular flexibility index (Phi) is 5.74. The number of hydrogen-bond acceptors (Lipinski definition) is 5. The number of para-hydroxylation sites is 1. The molecule has 0 aliphatic rings. The lowest BCUT2D eigenvalue weighted by molar-refractivity contribution is -0.115. The molecule has 9 heteroatoms. The number of rotatable bonds is 5. The number of nitrogens with one attached hydrogen (secondary N) is 1. The highest BCUT2D eigenvalue weighted by molar-refractivity contribution is 8.00. The second-order valence-electron chi connectivity index (χ2n) is 6.36. The van der Waals surface area contributed by atoms with E-state index in [9.17, 15) is 18.0 Å². The van der Waals surface area contributed by atoms with Gasteiger partial charge in [0.05, 0.1) is 10.6 Å². The minimum atomic E-state index is -0.846. The van der Waals surface area contributed by atoms with Crippen LogP contribution < -0.4 is 5.32 Å². The smallest absolute Gasteiger partial charge is 0.237 e. The highest BCUT2D eigenvalue weighted by atomic mass is 32.2. The minimum absolute atomic E-state index is 0.338. The molecule has 4 rings (SSSR count). The Labute approximate surface area is 178 Å². The molecule has 1 unspecified atom stereocenters. The first-order valence-corrected chi connectivity index (χ1v) is 10.6. The molecule has 152 valence electrons. The predicted octanol–water partition coefficient (Wildman–Crippen LogP) is 5.89. The number of fused-ring (bicyclic) bond motifs is 1. The van der Waals surface area contributed by atoms with Gasteiger partial charge in [-0.25, -0.2) is 23.1 Å². The normalized spacial score (nSPS) is 12.1. The fourth-order valence-corrected chi connectivity index (χ4v) is 4.76. The van der Waals surface area contributed by atoms with E-state index in [1.165, 1.54) is 35.9 Å². The summed E-state index contributed by atoms with van der Waals surface area (Å²) in [5.74, 6) is -2.59. The number of hydrogen-bond donors (Lipinski definition) is 1. The quantitative estimate of drug-likeness (QED) is 0.307. The number of aromatic nitrogens is 2. The number of benzene rings is 2. The lowest BCUT2D eigenvalue weighted by Gasteiger charge is -2.13. The number of halogens is 3. The first kappa shape index (κ1) is 20.4. The van der Waals surface area contributed by atoms with Crippen LogP contribution in [0.4, 0.5) is 18.9 Å². The van der Waals surface area contributed by atoms with Gasteiger partial charge >= 0.3 is 0 Å². The Hall–Kier alpha value is -2.91. The van der Waals surface area contributed by atoms with Crippen LogP contribution in [0.25, 0.3) is 21.3 Å². The second-order valence-corrected chi connectivity index (χ2v) is 8.55. The summed E-state index contributed by atoms with van der Waals surface area (Å²) in [4.78, 5) is 21.8. The number of carbonyl (C=O) groups excluding carboxylic acids is 1. The average molecular weight is 445 g/mol. The number of nitrogens with zero attached hydrogens (tertiary/aromatic N) is 2. The molecule has 0 aliphatic carbocycles. The van der Waals surface area contributed by atoms with Crippen LogP contribution in [0.3, 0.4) is 0 Å². The van der Waals surface area contributed by atoms with Crippen molar-refractivity contribution in [1.29, 1.82) is 0 Å². The van der Waals surface area contributed by atoms with Gasteiger partial charge < -0.3 is 5.32 Å². The van der Waals surface area contributed by atoms with E-state index in [4.69, 9.17) is 0 Å². The lowest BCUT2D eigenvalue weighted by Crippen LogP contribution is -2.23. The van der Waals surface area contributed by atoms with Gasteiger partial charge in [-0.05, 0) is 36.8 Å². The molecule has 0 radical (unpaired) electrons. The molecule has 1 N–H and O–H groups in total. The minimum Gasteiger partial charge on any atom is -0.320 e. The zero-order valence-electron chi connectivity index (χ0n) is 15.5. The number of anilines is 1. The van der Waals surface area contributed by atoms with E-state index in [1.807, 2.05) is 5.38 Å². The molecule has 1 amide bonds. The SMILES string of the molecule is CC(Sc1ncnc2scc(-c3ccc(F)cc3)c12)C(=O)Nc1c(F)cccc1F. The van der Waals surface area contributed by atoms with Crippen LogP contribution in [0.1, 0.15) is 6.92 Å². The van der Waals surface area contributed by atoms with Gasteiger partial charge in [-0.3, -0.25) is 4.79 Å². The van der Waals surface area contributed by atoms with Crippen LogP contribution in [0.15, 0.2) is 59.2 Å². The van der Waals surface area contributed by atoms with Crippen molar-refractivity contribution in [1.82, 2.24) is 9.97 Å². The lowest BCUT2D eigenvalue weighted by atomic mass is 10.1. The standard InChI is InChI=1S/C21H14F3N3OS2/c1-11(19(28)27-18-15(23)3-2-4-16(18)24)30-21-17-14(9-29-20(17)25-10-26-21)12-5-7-13(22)8-6-12/h2-11H,1H3,(H,27,28). The van der Waals surface area contributed by atoms with E-state index < -0.39 is 28.5 Å². The zero-order chi connectivity index (χ0) is 21.3. The molecule has 2 aromatic carbocycles. The highest BCUT2D eigenvalue weighted by Gasteiger charge is 2.22. The van der Waals surface area contributed by atoms with Gasteiger partial charge in [0.1, 0.15) is 39.3 Å². The average Bonchev–Trinajstić information content (AvgIpc) is 3.16. The van der Waals surface area contributed by atoms with E-state index in [0.29, 0.717) is 5.03 Å². The van der Waals surface area contributed by atoms with Crippen molar-refractivity contribution in [2.24, 2.45) is 0 Å². The van der Waals surface area contributed by atoms with Gasteiger partial charge in [0, 0.05) is 10.9 Å². The third kappa shape index (κ3) is 4.03. The van der Waals surface area contributed by atoms with Gasteiger partial charge in [0.15, 0.2) is 0 Å². The maximum Gasteiger partial charge on any atom is 0.237 e.